The summed E-state index contributed by atoms with van der Waals surface area (Å²) in [6.45, 7) is 2.68. The summed E-state index contributed by atoms with van der Waals surface area (Å²) < 4.78 is 0. The summed E-state index contributed by atoms with van der Waals surface area (Å²) in [5.74, 6) is 0.241. The highest BCUT2D eigenvalue weighted by Crippen LogP contribution is 2.32. The van der Waals surface area contributed by atoms with Gasteiger partial charge < -0.3 is 15.3 Å². The lowest BCUT2D eigenvalue weighted by Gasteiger charge is -2.39. The molecule has 0 aromatic heterocycles. The van der Waals surface area contributed by atoms with Gasteiger partial charge in [0.2, 0.25) is 11.8 Å². The Morgan fingerprint density at radius 3 is 2.60 bits per heavy atom. The second kappa shape index (κ2) is 6.57. The van der Waals surface area contributed by atoms with Crippen LogP contribution in [0.25, 0.3) is 0 Å². The summed E-state index contributed by atoms with van der Waals surface area (Å²) in [6, 6.07) is 0. The van der Waals surface area contributed by atoms with Crippen molar-refractivity contribution in [3.63, 3.8) is 0 Å². The van der Waals surface area contributed by atoms with Crippen LogP contribution in [0.3, 0.4) is 0 Å². The molecule has 5 nitrogen and oxygen atoms in total. The van der Waals surface area contributed by atoms with Gasteiger partial charge in [-0.1, -0.05) is 19.3 Å². The number of carbonyl (C=O) groups excluding carboxylic acids is 2. The number of hydrogen-bond donors (Lipinski definition) is 2. The second-order valence-corrected chi connectivity index (χ2v) is 6.38. The Labute approximate surface area is 120 Å². The number of amides is 2. The molecular weight excluding hydrogens is 256 g/mol. The van der Waals surface area contributed by atoms with Crippen molar-refractivity contribution >= 4 is 11.8 Å². The lowest BCUT2D eigenvalue weighted by Crippen LogP contribution is -2.56. The molecule has 2 rings (SSSR count). The highest BCUT2D eigenvalue weighted by molar-refractivity contribution is 5.86. The van der Waals surface area contributed by atoms with Gasteiger partial charge in [0.15, 0.2) is 0 Å². The van der Waals surface area contributed by atoms with Gasteiger partial charge in [0.1, 0.15) is 0 Å². The van der Waals surface area contributed by atoms with Gasteiger partial charge in [-0.25, -0.2) is 0 Å². The van der Waals surface area contributed by atoms with Crippen molar-refractivity contribution in [2.24, 2.45) is 5.92 Å². The van der Waals surface area contributed by atoms with Crippen LogP contribution < -0.4 is 5.32 Å². The van der Waals surface area contributed by atoms with Gasteiger partial charge in [0.25, 0.3) is 0 Å². The van der Waals surface area contributed by atoms with Crippen LogP contribution in [0.5, 0.6) is 0 Å². The maximum absolute atomic E-state index is 12.1. The number of rotatable bonds is 5. The van der Waals surface area contributed by atoms with Crippen molar-refractivity contribution in [2.75, 3.05) is 19.7 Å². The Hall–Kier alpha value is -1.10. The van der Waals surface area contributed by atoms with E-state index in [4.69, 9.17) is 0 Å². The summed E-state index contributed by atoms with van der Waals surface area (Å²) in [5, 5.41) is 12.7. The average molecular weight is 282 g/mol. The molecule has 2 amide bonds. The van der Waals surface area contributed by atoms with Crippen LogP contribution in [0, 0.1) is 5.92 Å². The van der Waals surface area contributed by atoms with Crippen LogP contribution in [-0.4, -0.2) is 47.1 Å². The zero-order chi connectivity index (χ0) is 14.6. The fraction of sp³-hybridized carbons (Fsp3) is 0.867. The second-order valence-electron chi connectivity index (χ2n) is 6.38. The summed E-state index contributed by atoms with van der Waals surface area (Å²) in [5.41, 5.74) is -0.555. The third kappa shape index (κ3) is 3.51. The Morgan fingerprint density at radius 1 is 1.35 bits per heavy atom. The first-order valence-electron chi connectivity index (χ1n) is 7.75. The monoisotopic (exact) mass is 282 g/mol. The average Bonchev–Trinajstić information content (AvgIpc) is 2.85. The number of hydrogen-bond acceptors (Lipinski definition) is 3. The number of nitrogens with one attached hydrogen (secondary N) is 1. The number of carbonyl (C=O) groups is 2. The molecule has 2 N–H and O–H groups in total. The molecule has 1 saturated carbocycles. The van der Waals surface area contributed by atoms with Crippen molar-refractivity contribution in [1.29, 1.82) is 0 Å². The summed E-state index contributed by atoms with van der Waals surface area (Å²) in [4.78, 5) is 25.3. The fourth-order valence-corrected chi connectivity index (χ4v) is 3.41. The molecule has 1 atom stereocenters. The molecule has 2 fully saturated rings. The van der Waals surface area contributed by atoms with E-state index >= 15 is 0 Å². The van der Waals surface area contributed by atoms with Gasteiger partial charge in [-0.05, 0) is 32.1 Å². The van der Waals surface area contributed by atoms with Crippen molar-refractivity contribution in [3.8, 4) is 0 Å². The maximum Gasteiger partial charge on any atom is 0.240 e. The minimum absolute atomic E-state index is 0.0443. The molecule has 1 saturated heterocycles. The smallest absolute Gasteiger partial charge is 0.240 e. The van der Waals surface area contributed by atoms with Gasteiger partial charge in [0.05, 0.1) is 18.7 Å². The molecule has 1 aliphatic heterocycles. The zero-order valence-electron chi connectivity index (χ0n) is 12.4. The summed E-state index contributed by atoms with van der Waals surface area (Å²) in [6.07, 6.45) is 7.08. The van der Waals surface area contributed by atoms with Gasteiger partial charge in [-0.15, -0.1) is 0 Å². The standard InChI is InChI=1S/C15H26N2O3/c1-15(11-18,12-6-3-2-4-7-12)16-13(19)10-17-9-5-8-14(17)20/h12,18H,2-11H2,1H3,(H,16,19). The third-order valence-electron chi connectivity index (χ3n) is 4.77. The Balaban J connectivity index is 1.90. The minimum atomic E-state index is -0.555. The molecule has 2 aliphatic rings. The lowest BCUT2D eigenvalue weighted by atomic mass is 9.76. The Morgan fingerprint density at radius 2 is 2.05 bits per heavy atom. The first-order chi connectivity index (χ1) is 9.55. The van der Waals surface area contributed by atoms with E-state index in [0.717, 1.165) is 19.3 Å². The molecule has 0 aromatic rings. The predicted molar refractivity (Wildman–Crippen MR) is 76.0 cm³/mol. The van der Waals surface area contributed by atoms with Crippen molar-refractivity contribution in [1.82, 2.24) is 10.2 Å². The predicted octanol–water partition coefficient (Wildman–Crippen LogP) is 1.06. The Kier molecular flexibility index (Phi) is 5.02. The van der Waals surface area contributed by atoms with E-state index in [9.17, 15) is 14.7 Å². The molecule has 0 spiro atoms. The van der Waals surface area contributed by atoms with E-state index in [1.807, 2.05) is 6.92 Å². The van der Waals surface area contributed by atoms with E-state index in [-0.39, 0.29) is 25.0 Å². The number of aliphatic hydroxyl groups excluding tert-OH is 1. The summed E-state index contributed by atoms with van der Waals surface area (Å²) >= 11 is 0. The van der Waals surface area contributed by atoms with E-state index in [2.05, 4.69) is 5.32 Å². The summed E-state index contributed by atoms with van der Waals surface area (Å²) in [7, 11) is 0. The quantitative estimate of drug-likeness (QED) is 0.792. The van der Waals surface area contributed by atoms with Crippen molar-refractivity contribution in [2.45, 2.75) is 57.4 Å². The largest absolute Gasteiger partial charge is 0.394 e. The molecule has 5 heteroatoms. The van der Waals surface area contributed by atoms with Gasteiger partial charge in [-0.3, -0.25) is 9.59 Å². The highest BCUT2D eigenvalue weighted by atomic mass is 16.3. The SMILES string of the molecule is CC(CO)(NC(=O)CN1CCCC1=O)C1CCCCC1. The molecule has 0 bridgehead atoms. The molecule has 1 unspecified atom stereocenters. The molecule has 0 aromatic carbocycles. The van der Waals surface area contributed by atoms with E-state index in [1.165, 1.54) is 19.3 Å². The molecule has 1 aliphatic carbocycles. The van der Waals surface area contributed by atoms with Crippen LogP contribution in [-0.2, 0) is 9.59 Å². The van der Waals surface area contributed by atoms with E-state index in [1.54, 1.807) is 4.90 Å². The Bertz CT molecular complexity index is 366. The van der Waals surface area contributed by atoms with Gasteiger partial charge >= 0.3 is 0 Å². The third-order valence-corrected chi connectivity index (χ3v) is 4.77. The van der Waals surface area contributed by atoms with E-state index < -0.39 is 5.54 Å². The molecule has 0 radical (unpaired) electrons. The molecule has 20 heavy (non-hydrogen) atoms. The highest BCUT2D eigenvalue weighted by Gasteiger charge is 2.36. The number of nitrogens with zero attached hydrogens (tertiary/aromatic N) is 1. The van der Waals surface area contributed by atoms with Crippen LogP contribution in [0.15, 0.2) is 0 Å². The zero-order valence-corrected chi connectivity index (χ0v) is 12.4. The first kappa shape index (κ1) is 15.3. The molecule has 114 valence electrons. The minimum Gasteiger partial charge on any atom is -0.394 e. The topological polar surface area (TPSA) is 69.6 Å². The molecule has 1 heterocycles. The maximum atomic E-state index is 12.1. The van der Waals surface area contributed by atoms with Gasteiger partial charge in [-0.2, -0.15) is 0 Å². The number of aliphatic hydroxyl groups is 1. The van der Waals surface area contributed by atoms with Crippen molar-refractivity contribution in [3.05, 3.63) is 0 Å². The van der Waals surface area contributed by atoms with Crippen LogP contribution in [0.1, 0.15) is 51.9 Å². The van der Waals surface area contributed by atoms with Crippen LogP contribution in [0.4, 0.5) is 0 Å². The van der Waals surface area contributed by atoms with Crippen LogP contribution >= 0.6 is 0 Å². The van der Waals surface area contributed by atoms with Crippen LogP contribution in [0.2, 0.25) is 0 Å². The van der Waals surface area contributed by atoms with E-state index in [0.29, 0.717) is 18.9 Å². The fourth-order valence-electron chi connectivity index (χ4n) is 3.41. The lowest BCUT2D eigenvalue weighted by molar-refractivity contribution is -0.134. The molecular formula is C15H26N2O3. The van der Waals surface area contributed by atoms with Crippen molar-refractivity contribution < 1.29 is 14.7 Å². The normalized spacial score (nSPS) is 23.7. The first-order valence-corrected chi connectivity index (χ1v) is 7.75. The number of likely N-dealkylation sites (tertiary alicyclic amines) is 1. The van der Waals surface area contributed by atoms with Gasteiger partial charge in [0, 0.05) is 13.0 Å².